The number of carboxylic acids is 1. The van der Waals surface area contributed by atoms with E-state index in [2.05, 4.69) is 0 Å². The molecule has 1 aliphatic rings. The average molecular weight is 248 g/mol. The Morgan fingerprint density at radius 2 is 1.88 bits per heavy atom. The van der Waals surface area contributed by atoms with Gasteiger partial charge in [-0.05, 0) is 26.2 Å². The Hall–Kier alpha value is -0.910. The first-order chi connectivity index (χ1) is 7.27. The van der Waals surface area contributed by atoms with Gasteiger partial charge in [0.2, 0.25) is 0 Å². The van der Waals surface area contributed by atoms with E-state index in [0.717, 1.165) is 0 Å². The van der Waals surface area contributed by atoms with E-state index < -0.39 is 21.2 Å². The van der Waals surface area contributed by atoms with Gasteiger partial charge in [0.05, 0.1) is 16.9 Å². The van der Waals surface area contributed by atoms with Crippen LogP contribution in [0.4, 0.5) is 0 Å². The summed E-state index contributed by atoms with van der Waals surface area (Å²) < 4.78 is 22.8. The van der Waals surface area contributed by atoms with Crippen molar-refractivity contribution in [3.05, 3.63) is 0 Å². The zero-order valence-corrected chi connectivity index (χ0v) is 10.0. The van der Waals surface area contributed by atoms with Crippen molar-refractivity contribution in [1.82, 2.24) is 0 Å². The molecule has 0 bridgehead atoms. The molecule has 92 valence electrons. The van der Waals surface area contributed by atoms with Gasteiger partial charge >= 0.3 is 5.97 Å². The summed E-state index contributed by atoms with van der Waals surface area (Å²) in [6.45, 7) is 1.34. The highest BCUT2D eigenvalue weighted by Gasteiger charge is 2.42. The van der Waals surface area contributed by atoms with Crippen LogP contribution in [0.25, 0.3) is 0 Å². The lowest BCUT2D eigenvalue weighted by atomic mass is 9.77. The first-order valence-corrected chi connectivity index (χ1v) is 7.03. The molecule has 0 spiro atoms. The molecule has 0 aromatic heterocycles. The maximum absolute atomic E-state index is 11.4. The lowest BCUT2D eigenvalue weighted by Gasteiger charge is -2.26. The highest BCUT2D eigenvalue weighted by molar-refractivity contribution is 7.91. The number of hydrogen-bond acceptors (Lipinski definition) is 4. The van der Waals surface area contributed by atoms with Crippen LogP contribution in [0, 0.1) is 5.41 Å². The van der Waals surface area contributed by atoms with Crippen LogP contribution in [-0.4, -0.2) is 36.8 Å². The summed E-state index contributed by atoms with van der Waals surface area (Å²) in [5, 5.41) is 9.19. The second kappa shape index (κ2) is 4.53. The van der Waals surface area contributed by atoms with Gasteiger partial charge in [0.25, 0.3) is 0 Å². The van der Waals surface area contributed by atoms with Crippen LogP contribution in [0.5, 0.6) is 0 Å². The number of carbonyl (C=O) groups excluding carboxylic acids is 1. The Bertz CT molecular complexity index is 397. The van der Waals surface area contributed by atoms with Crippen molar-refractivity contribution in [1.29, 1.82) is 0 Å². The molecule has 0 radical (unpaired) electrons. The summed E-state index contributed by atoms with van der Waals surface area (Å²) in [7, 11) is -3.13. The van der Waals surface area contributed by atoms with Gasteiger partial charge in [-0.15, -0.1) is 0 Å². The van der Waals surface area contributed by atoms with Gasteiger partial charge in [0.15, 0.2) is 0 Å². The lowest BCUT2D eigenvalue weighted by molar-refractivity contribution is -0.152. The van der Waals surface area contributed by atoms with Gasteiger partial charge in [-0.25, -0.2) is 8.42 Å². The van der Waals surface area contributed by atoms with Crippen molar-refractivity contribution >= 4 is 21.6 Å². The first kappa shape index (κ1) is 13.2. The standard InChI is InChI=1S/C10H16O5S/c1-8(11)7-10(9(12)13)3-2-5-16(14,15)6-4-10/h2-7H2,1H3,(H,12,13). The van der Waals surface area contributed by atoms with Crippen LogP contribution in [0.2, 0.25) is 0 Å². The first-order valence-electron chi connectivity index (χ1n) is 5.21. The molecule has 1 heterocycles. The van der Waals surface area contributed by atoms with Gasteiger partial charge < -0.3 is 5.11 Å². The summed E-state index contributed by atoms with van der Waals surface area (Å²) in [6, 6.07) is 0. The number of rotatable bonds is 3. The molecule has 1 atom stereocenters. The molecule has 0 aromatic carbocycles. The van der Waals surface area contributed by atoms with Crippen LogP contribution in [0.15, 0.2) is 0 Å². The third-order valence-corrected chi connectivity index (χ3v) is 4.78. The third-order valence-electron chi connectivity index (χ3n) is 3.04. The van der Waals surface area contributed by atoms with E-state index in [9.17, 15) is 23.1 Å². The minimum Gasteiger partial charge on any atom is -0.481 e. The van der Waals surface area contributed by atoms with Gasteiger partial charge in [-0.3, -0.25) is 9.59 Å². The Balaban J connectivity index is 2.94. The number of hydrogen-bond donors (Lipinski definition) is 1. The summed E-state index contributed by atoms with van der Waals surface area (Å²) in [6.07, 6.45) is 0.561. The van der Waals surface area contributed by atoms with E-state index in [1.54, 1.807) is 0 Å². The fraction of sp³-hybridized carbons (Fsp3) is 0.800. The smallest absolute Gasteiger partial charge is 0.310 e. The minimum atomic E-state index is -3.13. The van der Waals surface area contributed by atoms with Gasteiger partial charge in [0, 0.05) is 6.42 Å². The number of aliphatic carboxylic acids is 1. The molecule has 1 fully saturated rings. The molecule has 1 saturated heterocycles. The second-order valence-electron chi connectivity index (χ2n) is 4.47. The van der Waals surface area contributed by atoms with E-state index in [1.807, 2.05) is 0 Å². The number of carbonyl (C=O) groups is 2. The maximum Gasteiger partial charge on any atom is 0.310 e. The van der Waals surface area contributed by atoms with Crippen molar-refractivity contribution < 1.29 is 23.1 Å². The van der Waals surface area contributed by atoms with Crippen LogP contribution >= 0.6 is 0 Å². The fourth-order valence-electron chi connectivity index (χ4n) is 2.15. The number of Topliss-reactive ketones (excluding diaryl/α,β-unsaturated/α-hetero) is 1. The van der Waals surface area contributed by atoms with Crippen molar-refractivity contribution in [2.45, 2.75) is 32.6 Å². The summed E-state index contributed by atoms with van der Waals surface area (Å²) in [5.41, 5.74) is -1.17. The molecule has 0 amide bonds. The van der Waals surface area contributed by atoms with E-state index in [0.29, 0.717) is 6.42 Å². The second-order valence-corrected chi connectivity index (χ2v) is 6.77. The predicted molar refractivity (Wildman–Crippen MR) is 57.9 cm³/mol. The van der Waals surface area contributed by atoms with Gasteiger partial charge in [-0.2, -0.15) is 0 Å². The largest absolute Gasteiger partial charge is 0.481 e. The topological polar surface area (TPSA) is 88.5 Å². The van der Waals surface area contributed by atoms with E-state index in [4.69, 9.17) is 0 Å². The van der Waals surface area contributed by atoms with Crippen LogP contribution in [0.3, 0.4) is 0 Å². The number of carboxylic acid groups (broad SMARTS) is 1. The van der Waals surface area contributed by atoms with Crippen LogP contribution in [-0.2, 0) is 19.4 Å². The van der Waals surface area contributed by atoms with E-state index in [-0.39, 0.29) is 36.6 Å². The third kappa shape index (κ3) is 3.04. The molecule has 0 saturated carbocycles. The Labute approximate surface area is 94.8 Å². The van der Waals surface area contributed by atoms with Crippen molar-refractivity contribution in [2.75, 3.05) is 11.5 Å². The molecule has 0 aromatic rings. The van der Waals surface area contributed by atoms with Gasteiger partial charge in [0.1, 0.15) is 15.6 Å². The zero-order chi connectivity index (χ0) is 12.4. The molecule has 5 nitrogen and oxygen atoms in total. The normalized spacial score (nSPS) is 29.3. The maximum atomic E-state index is 11.4. The molecule has 16 heavy (non-hydrogen) atoms. The zero-order valence-electron chi connectivity index (χ0n) is 9.23. The van der Waals surface area contributed by atoms with Crippen molar-refractivity contribution in [2.24, 2.45) is 5.41 Å². The molecule has 1 unspecified atom stereocenters. The van der Waals surface area contributed by atoms with Crippen LogP contribution < -0.4 is 0 Å². The Morgan fingerprint density at radius 1 is 1.25 bits per heavy atom. The average Bonchev–Trinajstić information content (AvgIpc) is 2.25. The van der Waals surface area contributed by atoms with E-state index in [1.165, 1.54) is 6.92 Å². The Morgan fingerprint density at radius 3 is 2.38 bits per heavy atom. The molecule has 0 aliphatic carbocycles. The number of ketones is 1. The van der Waals surface area contributed by atoms with E-state index >= 15 is 0 Å². The molecule has 1 aliphatic heterocycles. The summed E-state index contributed by atoms with van der Waals surface area (Å²) in [4.78, 5) is 22.3. The Kier molecular flexibility index (Phi) is 3.72. The highest BCUT2D eigenvalue weighted by Crippen LogP contribution is 2.36. The van der Waals surface area contributed by atoms with Gasteiger partial charge in [-0.1, -0.05) is 0 Å². The molecule has 6 heteroatoms. The minimum absolute atomic E-state index is 0.0277. The quantitative estimate of drug-likeness (QED) is 0.791. The summed E-state index contributed by atoms with van der Waals surface area (Å²) in [5.74, 6) is -1.37. The number of sulfone groups is 1. The molecular formula is C10H16O5S. The monoisotopic (exact) mass is 248 g/mol. The lowest BCUT2D eigenvalue weighted by Crippen LogP contribution is -2.33. The SMILES string of the molecule is CC(=O)CC1(C(=O)O)CCCS(=O)(=O)CC1. The van der Waals surface area contributed by atoms with Crippen molar-refractivity contribution in [3.63, 3.8) is 0 Å². The molecular weight excluding hydrogens is 232 g/mol. The highest BCUT2D eigenvalue weighted by atomic mass is 32.2. The van der Waals surface area contributed by atoms with Crippen LogP contribution in [0.1, 0.15) is 32.6 Å². The summed E-state index contributed by atoms with van der Waals surface area (Å²) >= 11 is 0. The fourth-order valence-corrected chi connectivity index (χ4v) is 3.64. The van der Waals surface area contributed by atoms with Crippen molar-refractivity contribution in [3.8, 4) is 0 Å². The predicted octanol–water partition coefficient (Wildman–Crippen LogP) is 0.635. The molecule has 1 rings (SSSR count). The molecule has 1 N–H and O–H groups in total.